The average Bonchev–Trinajstić information content (AvgIpc) is 3.47. The summed E-state index contributed by atoms with van der Waals surface area (Å²) in [6.07, 6.45) is 0.885. The lowest BCUT2D eigenvalue weighted by Gasteiger charge is -2.39. The number of sulfonamides is 1. The molecular formula is C19H26N2O6S. The molecule has 1 aromatic rings. The molecule has 8 nitrogen and oxygen atoms in total. The van der Waals surface area contributed by atoms with Gasteiger partial charge in [0, 0.05) is 25.7 Å². The number of amides is 1. The topological polar surface area (TPSA) is 104 Å². The fourth-order valence-electron chi connectivity index (χ4n) is 3.80. The molecule has 3 atom stereocenters. The lowest BCUT2D eigenvalue weighted by Crippen LogP contribution is -2.56. The van der Waals surface area contributed by atoms with Gasteiger partial charge in [0.25, 0.3) is 0 Å². The highest BCUT2D eigenvalue weighted by Gasteiger charge is 2.45. The molecule has 0 aromatic heterocycles. The Balaban J connectivity index is 1.70. The van der Waals surface area contributed by atoms with Crippen LogP contribution in [0.5, 0.6) is 0 Å². The Bertz CT molecular complexity index is 813. The number of carbonyl (C=O) groups excluding carboxylic acids is 1. The van der Waals surface area contributed by atoms with E-state index >= 15 is 0 Å². The number of carboxylic acid groups (broad SMARTS) is 1. The molecule has 28 heavy (non-hydrogen) atoms. The third kappa shape index (κ3) is 4.47. The summed E-state index contributed by atoms with van der Waals surface area (Å²) in [7, 11) is -3.70. The molecule has 1 aliphatic carbocycles. The van der Waals surface area contributed by atoms with E-state index in [1.165, 1.54) is 9.21 Å². The molecule has 1 amide bonds. The number of nitrogens with zero attached hydrogens (tertiary/aromatic N) is 2. The molecule has 1 N–H and O–H groups in total. The Kier molecular flexibility index (Phi) is 6.24. The number of carbonyl (C=O) groups is 2. The highest BCUT2D eigenvalue weighted by Crippen LogP contribution is 2.43. The lowest BCUT2D eigenvalue weighted by molar-refractivity contribution is -0.145. The second-order valence-corrected chi connectivity index (χ2v) is 9.13. The van der Waals surface area contributed by atoms with Crippen molar-refractivity contribution >= 4 is 22.1 Å². The Hall–Kier alpha value is -2.13. The standard InChI is InChI=1S/C19H26N2O6S/c1-2-27-18(22)17-12-14(17)8-9-15-13-20(19(23)24)10-11-21(15)28(25,26)16-6-4-3-5-7-16/h3-7,14-15,17H,2,8-13H2,1H3,(H,23,24). The summed E-state index contributed by atoms with van der Waals surface area (Å²) >= 11 is 0. The monoisotopic (exact) mass is 410 g/mol. The van der Waals surface area contributed by atoms with Crippen LogP contribution in [0, 0.1) is 11.8 Å². The van der Waals surface area contributed by atoms with Crippen LogP contribution >= 0.6 is 0 Å². The fourth-order valence-corrected chi connectivity index (χ4v) is 5.46. The molecule has 2 fully saturated rings. The van der Waals surface area contributed by atoms with E-state index in [0.717, 1.165) is 6.42 Å². The van der Waals surface area contributed by atoms with Crippen molar-refractivity contribution < 1.29 is 27.9 Å². The maximum absolute atomic E-state index is 13.1. The van der Waals surface area contributed by atoms with Gasteiger partial charge in [0.1, 0.15) is 0 Å². The lowest BCUT2D eigenvalue weighted by atomic mass is 10.1. The van der Waals surface area contributed by atoms with Crippen LogP contribution in [0.2, 0.25) is 0 Å². The summed E-state index contributed by atoms with van der Waals surface area (Å²) in [4.78, 5) is 24.7. The second-order valence-electron chi connectivity index (χ2n) is 7.24. The normalized spacial score (nSPS) is 25.3. The molecule has 154 valence electrons. The summed E-state index contributed by atoms with van der Waals surface area (Å²) in [6.45, 7) is 2.52. The van der Waals surface area contributed by atoms with E-state index in [1.807, 2.05) is 0 Å². The Labute approximate surface area is 165 Å². The quantitative estimate of drug-likeness (QED) is 0.690. The highest BCUT2D eigenvalue weighted by molar-refractivity contribution is 7.89. The highest BCUT2D eigenvalue weighted by atomic mass is 32.2. The van der Waals surface area contributed by atoms with Crippen molar-refractivity contribution in [2.75, 3.05) is 26.2 Å². The Morgan fingerprint density at radius 3 is 2.54 bits per heavy atom. The molecule has 3 unspecified atom stereocenters. The minimum atomic E-state index is -3.70. The van der Waals surface area contributed by atoms with E-state index in [2.05, 4.69) is 0 Å². The van der Waals surface area contributed by atoms with Gasteiger partial charge in [0.2, 0.25) is 10.0 Å². The van der Waals surface area contributed by atoms with Crippen LogP contribution in [-0.2, 0) is 19.6 Å². The van der Waals surface area contributed by atoms with Gasteiger partial charge in [0.15, 0.2) is 0 Å². The Morgan fingerprint density at radius 1 is 1.18 bits per heavy atom. The van der Waals surface area contributed by atoms with Crippen molar-refractivity contribution in [2.24, 2.45) is 11.8 Å². The Morgan fingerprint density at radius 2 is 1.89 bits per heavy atom. The first-order valence-electron chi connectivity index (χ1n) is 9.56. The molecule has 2 aliphatic rings. The van der Waals surface area contributed by atoms with Crippen LogP contribution in [0.25, 0.3) is 0 Å². The van der Waals surface area contributed by atoms with Gasteiger partial charge in [-0.1, -0.05) is 18.2 Å². The number of piperazine rings is 1. The SMILES string of the molecule is CCOC(=O)C1CC1CCC1CN(C(=O)O)CCN1S(=O)(=O)c1ccccc1. The summed E-state index contributed by atoms with van der Waals surface area (Å²) in [5.41, 5.74) is 0. The first-order chi connectivity index (χ1) is 13.3. The number of hydrogen-bond donors (Lipinski definition) is 1. The van der Waals surface area contributed by atoms with Crippen molar-refractivity contribution in [3.05, 3.63) is 30.3 Å². The molecule has 0 radical (unpaired) electrons. The number of esters is 1. The first kappa shape index (κ1) is 20.6. The molecule has 0 bridgehead atoms. The van der Waals surface area contributed by atoms with E-state index in [1.54, 1.807) is 37.3 Å². The van der Waals surface area contributed by atoms with Gasteiger partial charge in [-0.05, 0) is 44.2 Å². The van der Waals surface area contributed by atoms with Crippen molar-refractivity contribution in [1.29, 1.82) is 0 Å². The van der Waals surface area contributed by atoms with Gasteiger partial charge in [0.05, 0.1) is 17.4 Å². The number of rotatable bonds is 7. The predicted octanol–water partition coefficient (Wildman–Crippen LogP) is 2.02. The molecule has 1 aromatic carbocycles. The van der Waals surface area contributed by atoms with Gasteiger partial charge < -0.3 is 14.7 Å². The maximum atomic E-state index is 13.1. The summed E-state index contributed by atoms with van der Waals surface area (Å²) in [5, 5.41) is 9.32. The minimum Gasteiger partial charge on any atom is -0.466 e. The molecule has 1 aliphatic heterocycles. The number of hydrogen-bond acceptors (Lipinski definition) is 5. The minimum absolute atomic E-state index is 0.113. The van der Waals surface area contributed by atoms with Crippen LogP contribution in [-0.4, -0.2) is 67.1 Å². The average molecular weight is 410 g/mol. The molecule has 1 saturated carbocycles. The molecule has 0 spiro atoms. The van der Waals surface area contributed by atoms with Crippen molar-refractivity contribution in [1.82, 2.24) is 9.21 Å². The van der Waals surface area contributed by atoms with Crippen LogP contribution in [0.3, 0.4) is 0 Å². The van der Waals surface area contributed by atoms with Gasteiger partial charge >= 0.3 is 12.1 Å². The molecule has 1 heterocycles. The smallest absolute Gasteiger partial charge is 0.407 e. The van der Waals surface area contributed by atoms with Gasteiger partial charge in [-0.2, -0.15) is 4.31 Å². The van der Waals surface area contributed by atoms with Gasteiger partial charge in [-0.15, -0.1) is 0 Å². The fraction of sp³-hybridized carbons (Fsp3) is 0.579. The maximum Gasteiger partial charge on any atom is 0.407 e. The third-order valence-corrected chi connectivity index (χ3v) is 7.40. The van der Waals surface area contributed by atoms with E-state index in [4.69, 9.17) is 4.74 Å². The van der Waals surface area contributed by atoms with Crippen LogP contribution < -0.4 is 0 Å². The number of benzene rings is 1. The molecule has 9 heteroatoms. The molecule has 1 saturated heterocycles. The summed E-state index contributed by atoms with van der Waals surface area (Å²) in [6, 6.07) is 7.74. The zero-order chi connectivity index (χ0) is 20.3. The van der Waals surface area contributed by atoms with E-state index in [0.29, 0.717) is 19.4 Å². The van der Waals surface area contributed by atoms with E-state index in [-0.39, 0.29) is 42.3 Å². The van der Waals surface area contributed by atoms with Gasteiger partial charge in [-0.3, -0.25) is 4.79 Å². The molecular weight excluding hydrogens is 384 g/mol. The van der Waals surface area contributed by atoms with Gasteiger partial charge in [-0.25, -0.2) is 13.2 Å². The van der Waals surface area contributed by atoms with Crippen molar-refractivity contribution in [3.8, 4) is 0 Å². The second kappa shape index (κ2) is 8.48. The van der Waals surface area contributed by atoms with Crippen LogP contribution in [0.4, 0.5) is 4.79 Å². The molecule has 3 rings (SSSR count). The zero-order valence-corrected chi connectivity index (χ0v) is 16.7. The van der Waals surface area contributed by atoms with Crippen molar-refractivity contribution in [3.63, 3.8) is 0 Å². The third-order valence-electron chi connectivity index (χ3n) is 5.43. The largest absolute Gasteiger partial charge is 0.466 e. The predicted molar refractivity (Wildman–Crippen MR) is 101 cm³/mol. The van der Waals surface area contributed by atoms with E-state index in [9.17, 15) is 23.1 Å². The van der Waals surface area contributed by atoms with Crippen LogP contribution in [0.15, 0.2) is 35.2 Å². The van der Waals surface area contributed by atoms with Crippen LogP contribution in [0.1, 0.15) is 26.2 Å². The van der Waals surface area contributed by atoms with Crippen molar-refractivity contribution in [2.45, 2.75) is 37.1 Å². The summed E-state index contributed by atoms with van der Waals surface area (Å²) in [5.74, 6) is -0.129. The number of ether oxygens (including phenoxy) is 1. The van der Waals surface area contributed by atoms with E-state index < -0.39 is 22.2 Å². The zero-order valence-electron chi connectivity index (χ0n) is 15.9. The summed E-state index contributed by atoms with van der Waals surface area (Å²) < 4.78 is 32.6. The first-order valence-corrected chi connectivity index (χ1v) is 11.0.